The fraction of sp³-hybridized carbons (Fsp3) is 0.900. The summed E-state index contributed by atoms with van der Waals surface area (Å²) in [5.41, 5.74) is -0.411. The van der Waals surface area contributed by atoms with Crippen molar-refractivity contribution >= 4 is 18.7 Å². The third-order valence-electron chi connectivity index (χ3n) is 2.18. The third-order valence-corrected chi connectivity index (χ3v) is 2.55. The fourth-order valence-corrected chi connectivity index (χ4v) is 2.06. The van der Waals surface area contributed by atoms with E-state index in [-0.39, 0.29) is 17.4 Å². The molecule has 2 atom stereocenters. The van der Waals surface area contributed by atoms with Crippen molar-refractivity contribution in [3.63, 3.8) is 0 Å². The average molecular weight is 217 g/mol. The van der Waals surface area contributed by atoms with Gasteiger partial charge in [0.15, 0.2) is 0 Å². The van der Waals surface area contributed by atoms with E-state index in [4.69, 9.17) is 4.74 Å². The summed E-state index contributed by atoms with van der Waals surface area (Å²) in [4.78, 5) is 13.4. The molecule has 1 rings (SSSR count). The van der Waals surface area contributed by atoms with Crippen molar-refractivity contribution in [3.05, 3.63) is 0 Å². The maximum Gasteiger partial charge on any atom is 0.410 e. The highest BCUT2D eigenvalue weighted by Gasteiger charge is 2.33. The summed E-state index contributed by atoms with van der Waals surface area (Å²) in [7, 11) is 0. The van der Waals surface area contributed by atoms with Crippen molar-refractivity contribution in [3.8, 4) is 0 Å². The van der Waals surface area contributed by atoms with Crippen LogP contribution in [0, 0.1) is 0 Å². The molecule has 0 N–H and O–H groups in total. The number of rotatable bonds is 0. The molecule has 0 aromatic carbocycles. The van der Waals surface area contributed by atoms with Crippen molar-refractivity contribution in [2.24, 2.45) is 0 Å². The Labute approximate surface area is 91.2 Å². The number of thiol groups is 1. The quantitative estimate of drug-likeness (QED) is 0.631. The molecule has 1 amide bonds. The van der Waals surface area contributed by atoms with Crippen LogP contribution in [0.4, 0.5) is 4.79 Å². The first-order chi connectivity index (χ1) is 6.29. The standard InChI is InChI=1S/C10H19NO2S/c1-7-5-8(14)6-11(7)9(12)13-10(2,3)4/h7-8,14H,5-6H2,1-4H3/t7-,8+/m0/s1. The smallest absolute Gasteiger partial charge is 0.410 e. The van der Waals surface area contributed by atoms with Crippen LogP contribution in [0.25, 0.3) is 0 Å². The van der Waals surface area contributed by atoms with E-state index in [9.17, 15) is 4.79 Å². The Morgan fingerprint density at radius 1 is 1.50 bits per heavy atom. The van der Waals surface area contributed by atoms with Gasteiger partial charge >= 0.3 is 6.09 Å². The first kappa shape index (κ1) is 11.7. The van der Waals surface area contributed by atoms with Crippen LogP contribution in [0.5, 0.6) is 0 Å². The number of ether oxygens (including phenoxy) is 1. The molecule has 0 bridgehead atoms. The van der Waals surface area contributed by atoms with Crippen LogP contribution in [-0.2, 0) is 4.74 Å². The molecule has 82 valence electrons. The Kier molecular flexibility index (Phi) is 3.35. The molecule has 0 saturated carbocycles. The van der Waals surface area contributed by atoms with E-state index < -0.39 is 5.60 Å². The Morgan fingerprint density at radius 2 is 2.07 bits per heavy atom. The Morgan fingerprint density at radius 3 is 2.43 bits per heavy atom. The molecule has 0 unspecified atom stereocenters. The van der Waals surface area contributed by atoms with E-state index in [1.165, 1.54) is 0 Å². The molecular weight excluding hydrogens is 198 g/mol. The molecule has 0 aromatic heterocycles. The van der Waals surface area contributed by atoms with Gasteiger partial charge < -0.3 is 9.64 Å². The van der Waals surface area contributed by atoms with Gasteiger partial charge in [0, 0.05) is 17.8 Å². The lowest BCUT2D eigenvalue weighted by atomic mass is 10.2. The van der Waals surface area contributed by atoms with Crippen molar-refractivity contribution in [2.45, 2.75) is 51.0 Å². The molecule has 1 aliphatic rings. The van der Waals surface area contributed by atoms with Gasteiger partial charge in [-0.3, -0.25) is 0 Å². The van der Waals surface area contributed by atoms with Gasteiger partial charge in [0.05, 0.1) is 0 Å². The third kappa shape index (κ3) is 3.08. The zero-order chi connectivity index (χ0) is 10.9. The van der Waals surface area contributed by atoms with Crippen LogP contribution in [-0.4, -0.2) is 34.4 Å². The summed E-state index contributed by atoms with van der Waals surface area (Å²) < 4.78 is 5.29. The minimum Gasteiger partial charge on any atom is -0.444 e. The normalized spacial score (nSPS) is 27.9. The van der Waals surface area contributed by atoms with E-state index in [0.717, 1.165) is 6.42 Å². The maximum atomic E-state index is 11.7. The lowest BCUT2D eigenvalue weighted by molar-refractivity contribution is 0.0239. The van der Waals surface area contributed by atoms with Crippen LogP contribution in [0.3, 0.4) is 0 Å². The number of likely N-dealkylation sites (tertiary alicyclic amines) is 1. The van der Waals surface area contributed by atoms with Crippen molar-refractivity contribution in [2.75, 3.05) is 6.54 Å². The zero-order valence-electron chi connectivity index (χ0n) is 9.28. The number of carbonyl (C=O) groups is 1. The molecule has 0 spiro atoms. The van der Waals surface area contributed by atoms with Crippen molar-refractivity contribution < 1.29 is 9.53 Å². The van der Waals surface area contributed by atoms with Gasteiger partial charge in [0.1, 0.15) is 5.60 Å². The van der Waals surface area contributed by atoms with E-state index >= 15 is 0 Å². The Bertz CT molecular complexity index is 225. The monoisotopic (exact) mass is 217 g/mol. The van der Waals surface area contributed by atoms with Gasteiger partial charge in [-0.25, -0.2) is 4.79 Å². The van der Waals surface area contributed by atoms with E-state index in [1.54, 1.807) is 4.90 Å². The number of hydrogen-bond donors (Lipinski definition) is 1. The first-order valence-corrected chi connectivity index (χ1v) is 5.49. The molecule has 1 aliphatic heterocycles. The van der Waals surface area contributed by atoms with Crippen LogP contribution in [0.2, 0.25) is 0 Å². The van der Waals surface area contributed by atoms with Gasteiger partial charge in [0.2, 0.25) is 0 Å². The first-order valence-electron chi connectivity index (χ1n) is 4.97. The van der Waals surface area contributed by atoms with Crippen LogP contribution in [0.15, 0.2) is 0 Å². The van der Waals surface area contributed by atoms with Crippen molar-refractivity contribution in [1.82, 2.24) is 4.90 Å². The summed E-state index contributed by atoms with van der Waals surface area (Å²) in [5, 5.41) is 0.289. The van der Waals surface area contributed by atoms with Crippen LogP contribution < -0.4 is 0 Å². The largest absolute Gasteiger partial charge is 0.444 e. The van der Waals surface area contributed by atoms with Crippen molar-refractivity contribution in [1.29, 1.82) is 0 Å². The highest BCUT2D eigenvalue weighted by molar-refractivity contribution is 7.81. The topological polar surface area (TPSA) is 29.5 Å². The predicted molar refractivity (Wildman–Crippen MR) is 59.8 cm³/mol. The minimum atomic E-state index is -0.411. The van der Waals surface area contributed by atoms with Gasteiger partial charge in [-0.1, -0.05) is 0 Å². The van der Waals surface area contributed by atoms with Gasteiger partial charge in [-0.15, -0.1) is 0 Å². The highest BCUT2D eigenvalue weighted by atomic mass is 32.1. The Balaban J connectivity index is 2.53. The number of nitrogens with zero attached hydrogens (tertiary/aromatic N) is 1. The molecule has 14 heavy (non-hydrogen) atoms. The second-order valence-corrected chi connectivity index (χ2v) is 5.60. The van der Waals surface area contributed by atoms with E-state index in [0.29, 0.717) is 6.54 Å². The van der Waals surface area contributed by atoms with Crippen LogP contribution in [0.1, 0.15) is 34.1 Å². The SMILES string of the molecule is C[C@H]1C[C@@H](S)CN1C(=O)OC(C)(C)C. The lowest BCUT2D eigenvalue weighted by Gasteiger charge is -2.26. The predicted octanol–water partition coefficient (Wildman–Crippen LogP) is 2.31. The molecule has 1 saturated heterocycles. The lowest BCUT2D eigenvalue weighted by Crippen LogP contribution is -2.38. The highest BCUT2D eigenvalue weighted by Crippen LogP contribution is 2.23. The summed E-state index contributed by atoms with van der Waals surface area (Å²) in [6.45, 7) is 8.36. The second kappa shape index (κ2) is 4.01. The number of amides is 1. The Hall–Kier alpha value is -0.380. The van der Waals surface area contributed by atoms with E-state index in [2.05, 4.69) is 12.6 Å². The molecule has 0 radical (unpaired) electrons. The number of hydrogen-bond acceptors (Lipinski definition) is 3. The molecule has 0 aromatic rings. The maximum absolute atomic E-state index is 11.7. The molecule has 1 fully saturated rings. The second-order valence-electron chi connectivity index (χ2n) is 4.87. The number of carbonyl (C=O) groups excluding carboxylic acids is 1. The average Bonchev–Trinajstić information content (AvgIpc) is 2.26. The summed E-state index contributed by atoms with van der Waals surface area (Å²) in [6, 6.07) is 0.243. The van der Waals surface area contributed by atoms with Gasteiger partial charge in [0.25, 0.3) is 0 Å². The molecule has 0 aliphatic carbocycles. The van der Waals surface area contributed by atoms with Gasteiger partial charge in [-0.2, -0.15) is 12.6 Å². The molecule has 3 nitrogen and oxygen atoms in total. The fourth-order valence-electron chi connectivity index (χ4n) is 1.58. The minimum absolute atomic E-state index is 0.221. The van der Waals surface area contributed by atoms with Crippen LogP contribution >= 0.6 is 12.6 Å². The van der Waals surface area contributed by atoms with Gasteiger partial charge in [-0.05, 0) is 34.1 Å². The zero-order valence-corrected chi connectivity index (χ0v) is 10.2. The molecule has 1 heterocycles. The summed E-state index contributed by atoms with van der Waals surface area (Å²) in [6.07, 6.45) is 0.726. The molecule has 4 heteroatoms. The van der Waals surface area contributed by atoms with E-state index in [1.807, 2.05) is 27.7 Å². The summed E-state index contributed by atoms with van der Waals surface area (Å²) in [5.74, 6) is 0. The molecular formula is C10H19NO2S. The summed E-state index contributed by atoms with van der Waals surface area (Å²) >= 11 is 4.37.